The van der Waals surface area contributed by atoms with Crippen molar-refractivity contribution in [1.82, 2.24) is 14.9 Å². The molecule has 0 bridgehead atoms. The summed E-state index contributed by atoms with van der Waals surface area (Å²) in [6, 6.07) is 10.5. The normalized spacial score (nSPS) is 14.2. The molecule has 1 aromatic carbocycles. The predicted octanol–water partition coefficient (Wildman–Crippen LogP) is 3.89. The summed E-state index contributed by atoms with van der Waals surface area (Å²) < 4.78 is 2.46. The van der Waals surface area contributed by atoms with Gasteiger partial charge in [-0.25, -0.2) is 0 Å². The summed E-state index contributed by atoms with van der Waals surface area (Å²) in [6.45, 7) is 4.99. The van der Waals surface area contributed by atoms with Crippen molar-refractivity contribution in [2.75, 3.05) is 6.54 Å². The molecule has 0 unspecified atom stereocenters. The van der Waals surface area contributed by atoms with Gasteiger partial charge in [0.2, 0.25) is 0 Å². The minimum atomic E-state index is 0.804. The lowest BCUT2D eigenvalue weighted by molar-refractivity contribution is 0.594. The van der Waals surface area contributed by atoms with E-state index in [1.165, 1.54) is 27.7 Å². The Balaban J connectivity index is 1.73. The molecular weight excluding hydrogens is 306 g/mol. The van der Waals surface area contributed by atoms with Crippen molar-refractivity contribution in [2.24, 2.45) is 0 Å². The fraction of sp³-hybridized carbons (Fsp3) is 0.316. The summed E-state index contributed by atoms with van der Waals surface area (Å²) in [4.78, 5) is 4.40. The monoisotopic (exact) mass is 325 g/mol. The van der Waals surface area contributed by atoms with E-state index in [1.54, 1.807) is 0 Å². The minimum absolute atomic E-state index is 0.804. The van der Waals surface area contributed by atoms with Crippen LogP contribution < -0.4 is 5.32 Å². The van der Waals surface area contributed by atoms with E-state index in [0.717, 1.165) is 43.2 Å². The molecule has 0 atom stereocenters. The van der Waals surface area contributed by atoms with Crippen molar-refractivity contribution in [1.29, 1.82) is 0 Å². The number of aryl methyl sites for hydroxylation is 3. The van der Waals surface area contributed by atoms with Crippen molar-refractivity contribution < 1.29 is 0 Å². The molecule has 3 aromatic rings. The van der Waals surface area contributed by atoms with Crippen LogP contribution in [0.5, 0.6) is 0 Å². The van der Waals surface area contributed by atoms with Crippen LogP contribution in [0.25, 0.3) is 10.9 Å². The van der Waals surface area contributed by atoms with Crippen LogP contribution in [0.1, 0.15) is 22.5 Å². The van der Waals surface area contributed by atoms with Crippen molar-refractivity contribution >= 4 is 22.5 Å². The first kappa shape index (κ1) is 14.7. The van der Waals surface area contributed by atoms with Gasteiger partial charge in [0, 0.05) is 54.0 Å². The molecule has 0 spiro atoms. The van der Waals surface area contributed by atoms with Crippen LogP contribution in [0.3, 0.4) is 0 Å². The molecule has 1 aliphatic rings. The Morgan fingerprint density at radius 3 is 3.00 bits per heavy atom. The van der Waals surface area contributed by atoms with Crippen LogP contribution in [0.15, 0.2) is 36.5 Å². The third-order valence-electron chi connectivity index (χ3n) is 4.69. The van der Waals surface area contributed by atoms with E-state index in [-0.39, 0.29) is 0 Å². The van der Waals surface area contributed by atoms with E-state index in [0.29, 0.717) is 0 Å². The van der Waals surface area contributed by atoms with Crippen molar-refractivity contribution in [2.45, 2.75) is 32.9 Å². The maximum absolute atomic E-state index is 6.25. The van der Waals surface area contributed by atoms with Gasteiger partial charge in [-0.3, -0.25) is 4.98 Å². The molecule has 4 heteroatoms. The van der Waals surface area contributed by atoms with Gasteiger partial charge in [-0.2, -0.15) is 0 Å². The zero-order valence-electron chi connectivity index (χ0n) is 13.3. The molecule has 0 saturated heterocycles. The number of pyridine rings is 1. The number of benzene rings is 1. The SMILES string of the molecule is Cc1ccc(CCn2c3c(c4ccc(Cl)cc42)CNCC3)cn1. The van der Waals surface area contributed by atoms with Crippen LogP contribution in [-0.2, 0) is 25.9 Å². The standard InChI is InChI=1S/C19H20ClN3/c1-13-2-3-14(11-22-13)7-9-23-18-6-8-21-12-17(18)16-5-4-15(20)10-19(16)23/h2-5,10-11,21H,6-9,12H2,1H3. The average Bonchev–Trinajstić information content (AvgIpc) is 2.87. The first-order chi connectivity index (χ1) is 11.2. The molecule has 2 aromatic heterocycles. The number of rotatable bonds is 3. The molecule has 0 fully saturated rings. The zero-order chi connectivity index (χ0) is 15.8. The van der Waals surface area contributed by atoms with Crippen LogP contribution >= 0.6 is 11.6 Å². The van der Waals surface area contributed by atoms with E-state index < -0.39 is 0 Å². The van der Waals surface area contributed by atoms with Gasteiger partial charge in [0.05, 0.1) is 5.52 Å². The fourth-order valence-corrected chi connectivity index (χ4v) is 3.66. The molecule has 4 rings (SSSR count). The molecule has 1 aliphatic heterocycles. The second-order valence-electron chi connectivity index (χ2n) is 6.22. The molecule has 3 heterocycles. The number of fused-ring (bicyclic) bond motifs is 3. The maximum atomic E-state index is 6.25. The second kappa shape index (κ2) is 5.99. The Hall–Kier alpha value is -1.84. The highest BCUT2D eigenvalue weighted by Gasteiger charge is 2.19. The van der Waals surface area contributed by atoms with Crippen LogP contribution in [0, 0.1) is 6.92 Å². The average molecular weight is 326 g/mol. The lowest BCUT2D eigenvalue weighted by Crippen LogP contribution is -2.24. The number of nitrogens with zero attached hydrogens (tertiary/aromatic N) is 2. The minimum Gasteiger partial charge on any atom is -0.344 e. The number of aromatic nitrogens is 2. The van der Waals surface area contributed by atoms with Crippen molar-refractivity contribution in [3.05, 3.63) is 64.1 Å². The van der Waals surface area contributed by atoms with E-state index in [1.807, 2.05) is 19.2 Å². The van der Waals surface area contributed by atoms with Gasteiger partial charge in [0.25, 0.3) is 0 Å². The molecule has 118 valence electrons. The lowest BCUT2D eigenvalue weighted by atomic mass is 10.1. The first-order valence-corrected chi connectivity index (χ1v) is 8.52. The maximum Gasteiger partial charge on any atom is 0.0500 e. The summed E-state index contributed by atoms with van der Waals surface area (Å²) in [5.41, 5.74) is 6.50. The highest BCUT2D eigenvalue weighted by Crippen LogP contribution is 2.30. The molecule has 0 aliphatic carbocycles. The molecule has 1 N–H and O–H groups in total. The molecule has 0 amide bonds. The van der Waals surface area contributed by atoms with Crippen LogP contribution in [-0.4, -0.2) is 16.1 Å². The molecule has 23 heavy (non-hydrogen) atoms. The topological polar surface area (TPSA) is 29.9 Å². The Morgan fingerprint density at radius 1 is 1.26 bits per heavy atom. The van der Waals surface area contributed by atoms with Crippen molar-refractivity contribution in [3.63, 3.8) is 0 Å². The van der Waals surface area contributed by atoms with E-state index in [2.05, 4.69) is 39.1 Å². The Labute approximate surface area is 141 Å². The molecule has 3 nitrogen and oxygen atoms in total. The van der Waals surface area contributed by atoms with E-state index in [9.17, 15) is 0 Å². The number of hydrogen-bond donors (Lipinski definition) is 1. The van der Waals surface area contributed by atoms with E-state index >= 15 is 0 Å². The largest absolute Gasteiger partial charge is 0.344 e. The van der Waals surface area contributed by atoms with Gasteiger partial charge in [-0.05, 0) is 42.7 Å². The second-order valence-corrected chi connectivity index (χ2v) is 6.66. The lowest BCUT2D eigenvalue weighted by Gasteiger charge is -2.17. The number of hydrogen-bond acceptors (Lipinski definition) is 2. The number of halogens is 1. The summed E-state index contributed by atoms with van der Waals surface area (Å²) in [7, 11) is 0. The molecule has 0 radical (unpaired) electrons. The fourth-order valence-electron chi connectivity index (χ4n) is 3.49. The van der Waals surface area contributed by atoms with Gasteiger partial charge in [-0.1, -0.05) is 23.7 Å². The van der Waals surface area contributed by atoms with Crippen LogP contribution in [0.2, 0.25) is 5.02 Å². The van der Waals surface area contributed by atoms with Gasteiger partial charge < -0.3 is 9.88 Å². The Bertz CT molecular complexity index is 849. The summed E-state index contributed by atoms with van der Waals surface area (Å²) in [6.07, 6.45) is 4.05. The van der Waals surface area contributed by atoms with Gasteiger partial charge >= 0.3 is 0 Å². The molecular formula is C19H20ClN3. The highest BCUT2D eigenvalue weighted by atomic mass is 35.5. The summed E-state index contributed by atoms with van der Waals surface area (Å²) in [5, 5.41) is 5.62. The van der Waals surface area contributed by atoms with Gasteiger partial charge in [0.1, 0.15) is 0 Å². The zero-order valence-corrected chi connectivity index (χ0v) is 14.0. The smallest absolute Gasteiger partial charge is 0.0500 e. The van der Waals surface area contributed by atoms with E-state index in [4.69, 9.17) is 11.6 Å². The van der Waals surface area contributed by atoms with Gasteiger partial charge in [0.15, 0.2) is 0 Å². The third-order valence-corrected chi connectivity index (χ3v) is 4.92. The Morgan fingerprint density at radius 2 is 2.17 bits per heavy atom. The highest BCUT2D eigenvalue weighted by molar-refractivity contribution is 6.31. The number of nitrogens with one attached hydrogen (secondary N) is 1. The third kappa shape index (κ3) is 2.75. The van der Waals surface area contributed by atoms with Gasteiger partial charge in [-0.15, -0.1) is 0 Å². The Kier molecular flexibility index (Phi) is 3.83. The summed E-state index contributed by atoms with van der Waals surface area (Å²) in [5.74, 6) is 0. The van der Waals surface area contributed by atoms with Crippen molar-refractivity contribution in [3.8, 4) is 0 Å². The summed E-state index contributed by atoms with van der Waals surface area (Å²) >= 11 is 6.25. The first-order valence-electron chi connectivity index (χ1n) is 8.14. The predicted molar refractivity (Wildman–Crippen MR) is 95.0 cm³/mol. The molecule has 0 saturated carbocycles. The quantitative estimate of drug-likeness (QED) is 0.792. The van der Waals surface area contributed by atoms with Crippen LogP contribution in [0.4, 0.5) is 0 Å².